The lowest BCUT2D eigenvalue weighted by molar-refractivity contribution is 0.496. The SMILES string of the molecule is C=C(/C=C\C=C(/C)c1cccc2c1-c1ccccc1C2(C)C1=CCCC=C1)c1ccc2c(c1)c1c(n2C(C)CCCC)C=CCC=C1. The highest BCUT2D eigenvalue weighted by Gasteiger charge is 2.42. The first kappa shape index (κ1) is 31.0. The Bertz CT molecular complexity index is 2050. The van der Waals surface area contributed by atoms with Gasteiger partial charge in [-0.1, -0.05) is 130 Å². The molecule has 0 N–H and O–H groups in total. The Kier molecular flexibility index (Phi) is 8.50. The summed E-state index contributed by atoms with van der Waals surface area (Å²) in [6.07, 6.45) is 29.8. The van der Waals surface area contributed by atoms with Gasteiger partial charge < -0.3 is 4.57 Å². The van der Waals surface area contributed by atoms with Gasteiger partial charge in [0.25, 0.3) is 0 Å². The molecule has 2 unspecified atom stereocenters. The van der Waals surface area contributed by atoms with E-state index in [2.05, 4.69) is 160 Å². The van der Waals surface area contributed by atoms with Crippen LogP contribution >= 0.6 is 0 Å². The highest BCUT2D eigenvalue weighted by atomic mass is 15.0. The van der Waals surface area contributed by atoms with E-state index in [1.54, 1.807) is 0 Å². The van der Waals surface area contributed by atoms with E-state index >= 15 is 0 Å². The molecule has 1 aromatic heterocycles. The van der Waals surface area contributed by atoms with Gasteiger partial charge in [-0.15, -0.1) is 0 Å². The van der Waals surface area contributed by atoms with Crippen LogP contribution in [-0.2, 0) is 5.41 Å². The maximum atomic E-state index is 4.51. The number of benzene rings is 3. The molecule has 1 nitrogen and oxygen atoms in total. The molecule has 0 radical (unpaired) electrons. The summed E-state index contributed by atoms with van der Waals surface area (Å²) in [6.45, 7) is 13.8. The van der Waals surface area contributed by atoms with Gasteiger partial charge in [0.15, 0.2) is 0 Å². The van der Waals surface area contributed by atoms with Crippen molar-refractivity contribution in [2.45, 2.75) is 77.7 Å². The zero-order valence-electron chi connectivity index (χ0n) is 28.5. The number of allylic oxidation sites excluding steroid dienone is 11. The maximum absolute atomic E-state index is 4.51. The molecule has 0 saturated carbocycles. The van der Waals surface area contributed by atoms with Crippen LogP contribution in [0.3, 0.4) is 0 Å². The van der Waals surface area contributed by atoms with Crippen molar-refractivity contribution in [1.82, 2.24) is 4.57 Å². The maximum Gasteiger partial charge on any atom is 0.0494 e. The number of rotatable bonds is 9. The van der Waals surface area contributed by atoms with E-state index in [9.17, 15) is 0 Å². The Morgan fingerprint density at radius 1 is 0.957 bits per heavy atom. The first-order valence-electron chi connectivity index (χ1n) is 17.6. The van der Waals surface area contributed by atoms with Crippen molar-refractivity contribution in [2.24, 2.45) is 0 Å². The highest BCUT2D eigenvalue weighted by Crippen LogP contribution is 2.55. The second kappa shape index (κ2) is 12.9. The molecular formula is C46H47N. The van der Waals surface area contributed by atoms with E-state index in [1.807, 2.05) is 0 Å². The molecule has 1 heterocycles. The molecule has 47 heavy (non-hydrogen) atoms. The average molecular weight is 614 g/mol. The third kappa shape index (κ3) is 5.36. The van der Waals surface area contributed by atoms with Crippen molar-refractivity contribution >= 4 is 34.2 Å². The Hall–Kier alpha value is -4.62. The molecule has 0 spiro atoms. The normalized spacial score (nSPS) is 19.1. The monoisotopic (exact) mass is 613 g/mol. The molecule has 0 amide bonds. The summed E-state index contributed by atoms with van der Waals surface area (Å²) in [7, 11) is 0. The van der Waals surface area contributed by atoms with Gasteiger partial charge in [-0.2, -0.15) is 0 Å². The van der Waals surface area contributed by atoms with Crippen molar-refractivity contribution in [1.29, 1.82) is 0 Å². The van der Waals surface area contributed by atoms with Crippen molar-refractivity contribution in [3.8, 4) is 11.1 Å². The van der Waals surface area contributed by atoms with Gasteiger partial charge in [-0.25, -0.2) is 0 Å². The molecule has 3 aromatic carbocycles. The molecule has 0 aliphatic heterocycles. The molecule has 0 saturated heterocycles. The summed E-state index contributed by atoms with van der Waals surface area (Å²) in [5, 5.41) is 1.31. The minimum atomic E-state index is -0.141. The number of nitrogens with zero attached hydrogens (tertiary/aromatic N) is 1. The quantitative estimate of drug-likeness (QED) is 0.166. The molecule has 7 rings (SSSR count). The molecule has 236 valence electrons. The molecule has 3 aliphatic carbocycles. The van der Waals surface area contributed by atoms with Crippen molar-refractivity contribution in [3.63, 3.8) is 0 Å². The molecule has 2 atom stereocenters. The lowest BCUT2D eigenvalue weighted by Crippen LogP contribution is -2.23. The fourth-order valence-electron chi connectivity index (χ4n) is 8.11. The number of aromatic nitrogens is 1. The van der Waals surface area contributed by atoms with E-state index < -0.39 is 0 Å². The zero-order valence-corrected chi connectivity index (χ0v) is 28.5. The first-order valence-corrected chi connectivity index (χ1v) is 17.6. The van der Waals surface area contributed by atoms with Crippen LogP contribution < -0.4 is 0 Å². The van der Waals surface area contributed by atoms with Crippen LogP contribution in [0.2, 0.25) is 0 Å². The van der Waals surface area contributed by atoms with Crippen LogP contribution in [-0.4, -0.2) is 4.57 Å². The predicted molar refractivity (Wildman–Crippen MR) is 205 cm³/mol. The van der Waals surface area contributed by atoms with Crippen LogP contribution in [0.25, 0.3) is 45.3 Å². The summed E-state index contributed by atoms with van der Waals surface area (Å²) in [6, 6.07) is 23.2. The van der Waals surface area contributed by atoms with Gasteiger partial charge in [0.2, 0.25) is 0 Å². The van der Waals surface area contributed by atoms with E-state index in [-0.39, 0.29) is 5.41 Å². The average Bonchev–Trinajstić information content (AvgIpc) is 3.42. The van der Waals surface area contributed by atoms with E-state index in [0.29, 0.717) is 6.04 Å². The van der Waals surface area contributed by atoms with Crippen LogP contribution in [0.5, 0.6) is 0 Å². The fourth-order valence-corrected chi connectivity index (χ4v) is 8.11. The van der Waals surface area contributed by atoms with Gasteiger partial charge in [0, 0.05) is 33.6 Å². The molecule has 0 fully saturated rings. The largest absolute Gasteiger partial charge is 0.338 e. The van der Waals surface area contributed by atoms with Crippen molar-refractivity contribution in [3.05, 3.63) is 155 Å². The first-order chi connectivity index (χ1) is 22.9. The molecule has 1 heteroatoms. The smallest absolute Gasteiger partial charge is 0.0494 e. The Morgan fingerprint density at radius 3 is 2.62 bits per heavy atom. The molecule has 4 aromatic rings. The summed E-state index contributed by atoms with van der Waals surface area (Å²) >= 11 is 0. The van der Waals surface area contributed by atoms with Crippen molar-refractivity contribution in [2.75, 3.05) is 0 Å². The Morgan fingerprint density at radius 2 is 1.79 bits per heavy atom. The van der Waals surface area contributed by atoms with Crippen LogP contribution in [0.1, 0.15) is 106 Å². The number of unbranched alkanes of at least 4 members (excludes halogenated alkanes) is 1. The second-order valence-corrected chi connectivity index (χ2v) is 13.7. The van der Waals surface area contributed by atoms with Crippen molar-refractivity contribution < 1.29 is 0 Å². The Labute approximate surface area is 281 Å². The molecule has 3 aliphatic rings. The third-order valence-electron chi connectivity index (χ3n) is 10.7. The molecular weight excluding hydrogens is 567 g/mol. The van der Waals surface area contributed by atoms with Crippen LogP contribution in [0.15, 0.2) is 121 Å². The summed E-state index contributed by atoms with van der Waals surface area (Å²) in [5.41, 5.74) is 15.5. The highest BCUT2D eigenvalue weighted by molar-refractivity contribution is 5.97. The van der Waals surface area contributed by atoms with Gasteiger partial charge in [-0.05, 0) is 115 Å². The van der Waals surface area contributed by atoms with E-state index in [0.717, 1.165) is 24.8 Å². The second-order valence-electron chi connectivity index (χ2n) is 13.7. The van der Waals surface area contributed by atoms with E-state index in [4.69, 9.17) is 0 Å². The van der Waals surface area contributed by atoms with E-state index in [1.165, 1.54) is 85.9 Å². The summed E-state index contributed by atoms with van der Waals surface area (Å²) < 4.78 is 2.56. The number of fused-ring (bicyclic) bond motifs is 6. The number of hydrogen-bond acceptors (Lipinski definition) is 0. The predicted octanol–water partition coefficient (Wildman–Crippen LogP) is 13.1. The lowest BCUT2D eigenvalue weighted by Gasteiger charge is -2.30. The van der Waals surface area contributed by atoms with Gasteiger partial charge in [0.1, 0.15) is 0 Å². The van der Waals surface area contributed by atoms with Gasteiger partial charge in [0.05, 0.1) is 0 Å². The van der Waals surface area contributed by atoms with Gasteiger partial charge >= 0.3 is 0 Å². The topological polar surface area (TPSA) is 4.93 Å². The van der Waals surface area contributed by atoms with Crippen LogP contribution in [0, 0.1) is 0 Å². The minimum absolute atomic E-state index is 0.141. The summed E-state index contributed by atoms with van der Waals surface area (Å²) in [5.74, 6) is 0. The molecule has 0 bridgehead atoms. The zero-order chi connectivity index (χ0) is 32.5. The minimum Gasteiger partial charge on any atom is -0.338 e. The standard InChI is InChI=1S/C46H47N/c1-6-7-20-34(4)47-43-28-13-9-12-23-38(43)40-31-35(29-30-44(40)47)32(2)18-16-19-33(3)37-25-17-27-42-45(37)39-24-14-15-26-41(39)46(42,5)36-21-10-8-11-22-36/h10,12-19,21-31,34H,2,6-9,11,20H2,1,3-5H3/b18-16-,33-19+. The summed E-state index contributed by atoms with van der Waals surface area (Å²) in [4.78, 5) is 0. The van der Waals surface area contributed by atoms with Gasteiger partial charge in [-0.3, -0.25) is 0 Å². The van der Waals surface area contributed by atoms with Crippen LogP contribution in [0.4, 0.5) is 0 Å². The fraction of sp³-hybridized carbons (Fsp3) is 0.261. The Balaban J connectivity index is 1.21. The lowest BCUT2D eigenvalue weighted by atomic mass is 9.72. The number of hydrogen-bond donors (Lipinski definition) is 0. The third-order valence-corrected chi connectivity index (χ3v) is 10.7.